The maximum absolute atomic E-state index is 12.0. The molecule has 1 amide bonds. The largest absolute Gasteiger partial charge is 0.399 e. The van der Waals surface area contributed by atoms with Crippen LogP contribution in [0.3, 0.4) is 0 Å². The Hall–Kier alpha value is -1.59. The van der Waals surface area contributed by atoms with Crippen LogP contribution in [0.2, 0.25) is 0 Å². The summed E-state index contributed by atoms with van der Waals surface area (Å²) in [6.45, 7) is 4.22. The fourth-order valence-corrected chi connectivity index (χ4v) is 2.58. The molecule has 1 aliphatic rings. The third-order valence-electron chi connectivity index (χ3n) is 3.79. The highest BCUT2D eigenvalue weighted by atomic mass is 16.5. The molecule has 2 rings (SSSR count). The molecule has 0 aliphatic carbocycles. The zero-order valence-electron chi connectivity index (χ0n) is 12.2. The lowest BCUT2D eigenvalue weighted by atomic mass is 9.95. The van der Waals surface area contributed by atoms with Crippen molar-refractivity contribution in [2.45, 2.75) is 25.4 Å². The molecule has 20 heavy (non-hydrogen) atoms. The zero-order valence-corrected chi connectivity index (χ0v) is 12.2. The van der Waals surface area contributed by atoms with Gasteiger partial charge in [-0.2, -0.15) is 0 Å². The first-order chi connectivity index (χ1) is 9.50. The van der Waals surface area contributed by atoms with Gasteiger partial charge in [-0.3, -0.25) is 9.69 Å². The van der Waals surface area contributed by atoms with Crippen LogP contribution in [0.4, 0.5) is 11.4 Å². The predicted octanol–water partition coefficient (Wildman–Crippen LogP) is 1.71. The van der Waals surface area contributed by atoms with Crippen LogP contribution < -0.4 is 11.1 Å². The molecule has 110 valence electrons. The topological polar surface area (TPSA) is 67.6 Å². The highest BCUT2D eigenvalue weighted by Crippen LogP contribution is 2.23. The number of hydrogen-bond donors (Lipinski definition) is 2. The second kappa shape index (κ2) is 6.24. The molecular formula is C15H23N3O2. The Morgan fingerprint density at radius 1 is 1.45 bits per heavy atom. The van der Waals surface area contributed by atoms with Crippen molar-refractivity contribution in [1.29, 1.82) is 0 Å². The minimum absolute atomic E-state index is 0.00451. The highest BCUT2D eigenvalue weighted by molar-refractivity contribution is 5.92. The van der Waals surface area contributed by atoms with Gasteiger partial charge in [0.15, 0.2) is 0 Å². The van der Waals surface area contributed by atoms with Crippen LogP contribution >= 0.6 is 0 Å². The molecule has 0 bridgehead atoms. The van der Waals surface area contributed by atoms with Crippen LogP contribution in [0.1, 0.15) is 19.8 Å². The van der Waals surface area contributed by atoms with Crippen LogP contribution in [0.15, 0.2) is 24.3 Å². The summed E-state index contributed by atoms with van der Waals surface area (Å²) in [5.74, 6) is -0.00451. The lowest BCUT2D eigenvalue weighted by Gasteiger charge is -2.39. The summed E-state index contributed by atoms with van der Waals surface area (Å²) in [7, 11) is 1.73. The van der Waals surface area contributed by atoms with Gasteiger partial charge in [0.05, 0.1) is 12.1 Å². The van der Waals surface area contributed by atoms with Gasteiger partial charge in [0.25, 0.3) is 0 Å². The van der Waals surface area contributed by atoms with Crippen molar-refractivity contribution in [3.8, 4) is 0 Å². The Labute approximate surface area is 120 Å². The highest BCUT2D eigenvalue weighted by Gasteiger charge is 2.31. The Bertz CT molecular complexity index is 461. The maximum Gasteiger partial charge on any atom is 0.238 e. The minimum Gasteiger partial charge on any atom is -0.399 e. The van der Waals surface area contributed by atoms with E-state index in [-0.39, 0.29) is 11.5 Å². The Kier molecular flexibility index (Phi) is 4.62. The van der Waals surface area contributed by atoms with Crippen molar-refractivity contribution < 1.29 is 9.53 Å². The van der Waals surface area contributed by atoms with Crippen molar-refractivity contribution in [3.05, 3.63) is 24.3 Å². The Balaban J connectivity index is 1.86. The van der Waals surface area contributed by atoms with Gasteiger partial charge in [-0.25, -0.2) is 0 Å². The first-order valence-electron chi connectivity index (χ1n) is 6.94. The van der Waals surface area contributed by atoms with E-state index in [9.17, 15) is 4.79 Å². The summed E-state index contributed by atoms with van der Waals surface area (Å²) in [6, 6.07) is 7.17. The Morgan fingerprint density at radius 3 is 2.80 bits per heavy atom. The van der Waals surface area contributed by atoms with Crippen molar-refractivity contribution >= 4 is 17.3 Å². The molecule has 1 fully saturated rings. The predicted molar refractivity (Wildman–Crippen MR) is 80.6 cm³/mol. The summed E-state index contributed by atoms with van der Waals surface area (Å²) in [4.78, 5) is 14.2. The van der Waals surface area contributed by atoms with E-state index in [1.54, 1.807) is 19.2 Å². The van der Waals surface area contributed by atoms with Crippen LogP contribution in [-0.4, -0.2) is 43.2 Å². The molecule has 3 N–H and O–H groups in total. The van der Waals surface area contributed by atoms with E-state index in [4.69, 9.17) is 10.5 Å². The number of nitrogen functional groups attached to an aromatic ring is 1. The molecule has 0 aromatic heterocycles. The molecule has 1 aromatic rings. The van der Waals surface area contributed by atoms with Crippen molar-refractivity contribution in [1.82, 2.24) is 4.90 Å². The standard InChI is InChI=1S/C15H23N3O2/c1-15(20-2)8-3-9-18(11-15)10-14(19)17-13-6-4-12(16)5-7-13/h4-7H,3,8-11,16H2,1-2H3,(H,17,19). The molecule has 1 aromatic carbocycles. The number of likely N-dealkylation sites (tertiary alicyclic amines) is 1. The second-order valence-electron chi connectivity index (χ2n) is 5.64. The van der Waals surface area contributed by atoms with Crippen molar-refractivity contribution in [3.63, 3.8) is 0 Å². The number of nitrogens with zero attached hydrogens (tertiary/aromatic N) is 1. The van der Waals surface area contributed by atoms with Gasteiger partial charge >= 0.3 is 0 Å². The average molecular weight is 277 g/mol. The van der Waals surface area contributed by atoms with Crippen LogP contribution in [-0.2, 0) is 9.53 Å². The number of methoxy groups -OCH3 is 1. The number of hydrogen-bond acceptors (Lipinski definition) is 4. The number of nitrogens with two attached hydrogens (primary N) is 1. The molecule has 1 unspecified atom stereocenters. The molecule has 1 atom stereocenters. The number of amides is 1. The van der Waals surface area contributed by atoms with E-state index in [0.29, 0.717) is 12.2 Å². The summed E-state index contributed by atoms with van der Waals surface area (Å²) in [6.07, 6.45) is 2.10. The number of benzene rings is 1. The minimum atomic E-state index is -0.139. The van der Waals surface area contributed by atoms with Gasteiger partial charge in [-0.15, -0.1) is 0 Å². The third kappa shape index (κ3) is 3.95. The quantitative estimate of drug-likeness (QED) is 0.822. The summed E-state index contributed by atoms with van der Waals surface area (Å²) < 4.78 is 5.53. The number of anilines is 2. The fourth-order valence-electron chi connectivity index (χ4n) is 2.58. The number of piperidine rings is 1. The number of carbonyl (C=O) groups is 1. The Morgan fingerprint density at radius 2 is 2.15 bits per heavy atom. The van der Waals surface area contributed by atoms with Gasteiger partial charge in [-0.05, 0) is 50.6 Å². The molecule has 5 heteroatoms. The van der Waals surface area contributed by atoms with E-state index in [2.05, 4.69) is 17.1 Å². The van der Waals surface area contributed by atoms with Crippen LogP contribution in [0, 0.1) is 0 Å². The second-order valence-corrected chi connectivity index (χ2v) is 5.64. The number of carbonyl (C=O) groups excluding carboxylic acids is 1. The molecule has 1 saturated heterocycles. The van der Waals surface area contributed by atoms with Gasteiger partial charge in [0.2, 0.25) is 5.91 Å². The number of rotatable bonds is 4. The van der Waals surface area contributed by atoms with Gasteiger partial charge in [0, 0.05) is 25.0 Å². The normalized spacial score (nSPS) is 23.5. The molecule has 0 saturated carbocycles. The van der Waals surface area contributed by atoms with E-state index < -0.39 is 0 Å². The van der Waals surface area contributed by atoms with Crippen LogP contribution in [0.5, 0.6) is 0 Å². The average Bonchev–Trinajstić information content (AvgIpc) is 2.41. The monoisotopic (exact) mass is 277 g/mol. The summed E-state index contributed by atoms with van der Waals surface area (Å²) in [5.41, 5.74) is 6.94. The fraction of sp³-hybridized carbons (Fsp3) is 0.533. The smallest absolute Gasteiger partial charge is 0.238 e. The molecule has 0 radical (unpaired) electrons. The van der Waals surface area contributed by atoms with E-state index in [1.165, 1.54) is 0 Å². The van der Waals surface area contributed by atoms with E-state index >= 15 is 0 Å². The maximum atomic E-state index is 12.0. The molecule has 0 spiro atoms. The van der Waals surface area contributed by atoms with E-state index in [0.717, 1.165) is 31.6 Å². The van der Waals surface area contributed by atoms with Crippen molar-refractivity contribution in [2.75, 3.05) is 37.8 Å². The lowest BCUT2D eigenvalue weighted by Crippen LogP contribution is -2.49. The molecule has 1 heterocycles. The molecule has 5 nitrogen and oxygen atoms in total. The van der Waals surface area contributed by atoms with Gasteiger partial charge < -0.3 is 15.8 Å². The van der Waals surface area contributed by atoms with Gasteiger partial charge in [-0.1, -0.05) is 0 Å². The summed E-state index contributed by atoms with van der Waals surface area (Å²) in [5, 5.41) is 2.88. The van der Waals surface area contributed by atoms with Gasteiger partial charge in [0.1, 0.15) is 0 Å². The summed E-state index contributed by atoms with van der Waals surface area (Å²) >= 11 is 0. The number of nitrogens with one attached hydrogen (secondary N) is 1. The zero-order chi connectivity index (χ0) is 14.6. The van der Waals surface area contributed by atoms with Crippen molar-refractivity contribution in [2.24, 2.45) is 0 Å². The van der Waals surface area contributed by atoms with E-state index in [1.807, 2.05) is 12.1 Å². The number of ether oxygens (including phenoxy) is 1. The molecular weight excluding hydrogens is 254 g/mol. The molecule has 1 aliphatic heterocycles. The SMILES string of the molecule is COC1(C)CCCN(CC(=O)Nc2ccc(N)cc2)C1. The first kappa shape index (κ1) is 14.8. The van der Waals surface area contributed by atoms with Crippen LogP contribution in [0.25, 0.3) is 0 Å². The first-order valence-corrected chi connectivity index (χ1v) is 6.94. The third-order valence-corrected chi connectivity index (χ3v) is 3.79. The lowest BCUT2D eigenvalue weighted by molar-refractivity contribution is -0.119.